The predicted molar refractivity (Wildman–Crippen MR) is 141 cm³/mol. The molecule has 0 aliphatic heterocycles. The van der Waals surface area contributed by atoms with E-state index in [1.165, 1.54) is 0 Å². The number of hydrogen-bond acceptors (Lipinski definition) is 7. The Bertz CT molecular complexity index is 975. The minimum atomic E-state index is -1.11. The second kappa shape index (κ2) is 13.6. The van der Waals surface area contributed by atoms with Crippen LogP contribution in [-0.4, -0.2) is 62.9 Å². The van der Waals surface area contributed by atoms with Gasteiger partial charge in [0, 0.05) is 16.8 Å². The van der Waals surface area contributed by atoms with Crippen LogP contribution >= 0.6 is 15.9 Å². The highest BCUT2D eigenvalue weighted by Crippen LogP contribution is 2.44. The Balaban J connectivity index is 1.70. The topological polar surface area (TPSA) is 134 Å². The summed E-state index contributed by atoms with van der Waals surface area (Å²) in [4.78, 5) is 24.0. The largest absolute Gasteiger partial charge is 0.481 e. The second-order valence-corrected chi connectivity index (χ2v) is 11.0. The molecule has 0 radical (unpaired) electrons. The summed E-state index contributed by atoms with van der Waals surface area (Å²) >= 11 is 3.38. The third kappa shape index (κ3) is 8.40. The number of aliphatic hydroxyl groups excluding tert-OH is 3. The summed E-state index contributed by atoms with van der Waals surface area (Å²) in [5.74, 6) is -1.03. The Kier molecular flexibility index (Phi) is 10.8. The molecule has 2 aliphatic rings. The first-order valence-electron chi connectivity index (χ1n) is 12.9. The van der Waals surface area contributed by atoms with E-state index in [0.717, 1.165) is 10.0 Å². The van der Waals surface area contributed by atoms with Gasteiger partial charge in [0.15, 0.2) is 6.10 Å². The molecular weight excluding hydrogens is 544 g/mol. The monoisotopic (exact) mass is 580 g/mol. The number of carboxylic acids is 1. The molecule has 8 atom stereocenters. The molecule has 0 heterocycles. The summed E-state index contributed by atoms with van der Waals surface area (Å²) in [5.41, 5.74) is 0.905. The molecule has 0 saturated heterocycles. The van der Waals surface area contributed by atoms with Crippen molar-refractivity contribution in [1.82, 2.24) is 0 Å². The van der Waals surface area contributed by atoms with Gasteiger partial charge < -0.3 is 29.9 Å². The molecule has 4 N–H and O–H groups in total. The molecule has 204 valence electrons. The molecule has 0 fully saturated rings. The zero-order chi connectivity index (χ0) is 27.1. The number of aliphatic hydroxyl groups is 3. The van der Waals surface area contributed by atoms with Gasteiger partial charge in [-0.3, -0.25) is 4.79 Å². The molecule has 1 unspecified atom stereocenters. The third-order valence-corrected chi connectivity index (χ3v) is 7.68. The van der Waals surface area contributed by atoms with Gasteiger partial charge in [0.2, 0.25) is 0 Å². The second-order valence-electron chi connectivity index (χ2n) is 10.0. The van der Waals surface area contributed by atoms with Gasteiger partial charge in [0.1, 0.15) is 11.9 Å². The van der Waals surface area contributed by atoms with Gasteiger partial charge in [-0.25, -0.2) is 4.79 Å². The first-order chi connectivity index (χ1) is 17.6. The number of benzene rings is 1. The lowest BCUT2D eigenvalue weighted by molar-refractivity contribution is -0.163. The van der Waals surface area contributed by atoms with Gasteiger partial charge in [0.25, 0.3) is 0 Å². The van der Waals surface area contributed by atoms with Crippen LogP contribution in [0.2, 0.25) is 0 Å². The summed E-state index contributed by atoms with van der Waals surface area (Å²) < 4.78 is 12.8. The van der Waals surface area contributed by atoms with Crippen LogP contribution in [0.3, 0.4) is 0 Å². The molecule has 9 heteroatoms. The molecule has 3 rings (SSSR count). The minimum Gasteiger partial charge on any atom is -0.481 e. The lowest BCUT2D eigenvalue weighted by atomic mass is 9.66. The van der Waals surface area contributed by atoms with E-state index in [4.69, 9.17) is 14.6 Å². The average molecular weight is 582 g/mol. The van der Waals surface area contributed by atoms with Crippen molar-refractivity contribution < 1.29 is 39.5 Å². The van der Waals surface area contributed by atoms with Crippen molar-refractivity contribution in [3.05, 3.63) is 52.5 Å². The van der Waals surface area contributed by atoms with E-state index in [2.05, 4.69) is 28.9 Å². The highest BCUT2D eigenvalue weighted by atomic mass is 79.9. The highest BCUT2D eigenvalue weighted by molar-refractivity contribution is 9.10. The minimum absolute atomic E-state index is 0.0146. The van der Waals surface area contributed by atoms with Gasteiger partial charge in [-0.05, 0) is 67.4 Å². The SMILES string of the molecule is CCC(Oc1ccc(Br)cc1)C(=O)O[C@H]1C[C@H](O)C=C2C=C[C@H](C)[C@H](CC[C@@H](O)C[C@@H](O)CC(=O)O)[C@H]21. The van der Waals surface area contributed by atoms with Crippen LogP contribution < -0.4 is 4.74 Å². The van der Waals surface area contributed by atoms with Crippen molar-refractivity contribution >= 4 is 27.9 Å². The Hall–Kier alpha value is -2.20. The number of carboxylic acid groups (broad SMARTS) is 1. The Morgan fingerprint density at radius 1 is 1.16 bits per heavy atom. The van der Waals surface area contributed by atoms with Crippen molar-refractivity contribution in [1.29, 1.82) is 0 Å². The van der Waals surface area contributed by atoms with E-state index >= 15 is 0 Å². The normalized spacial score (nSPS) is 27.4. The number of ether oxygens (including phenoxy) is 2. The summed E-state index contributed by atoms with van der Waals surface area (Å²) in [7, 11) is 0. The number of carbonyl (C=O) groups is 2. The summed E-state index contributed by atoms with van der Waals surface area (Å²) in [6, 6.07) is 7.20. The molecule has 0 spiro atoms. The van der Waals surface area contributed by atoms with Crippen molar-refractivity contribution in [3.8, 4) is 5.75 Å². The van der Waals surface area contributed by atoms with Crippen LogP contribution in [0, 0.1) is 17.8 Å². The van der Waals surface area contributed by atoms with Crippen molar-refractivity contribution in [2.45, 2.75) is 82.9 Å². The van der Waals surface area contributed by atoms with Crippen LogP contribution in [0.15, 0.2) is 52.5 Å². The Morgan fingerprint density at radius 3 is 2.51 bits per heavy atom. The van der Waals surface area contributed by atoms with E-state index in [0.29, 0.717) is 25.0 Å². The highest BCUT2D eigenvalue weighted by Gasteiger charge is 2.42. The molecule has 0 aromatic heterocycles. The molecule has 8 nitrogen and oxygen atoms in total. The zero-order valence-corrected chi connectivity index (χ0v) is 22.8. The van der Waals surface area contributed by atoms with Gasteiger partial charge in [0.05, 0.1) is 24.7 Å². The maximum absolute atomic E-state index is 13.2. The number of aliphatic carboxylic acids is 1. The standard InChI is InChI=1S/C28H37BrO8/c1-3-24(36-22-9-6-18(29)7-10-22)28(35)37-25-14-20(31)12-17-5-4-16(2)23(27(17)25)11-8-19(30)13-21(32)15-26(33)34/h4-7,9-10,12,16,19-21,23-25,27,30-32H,3,8,11,13-15H2,1-2H3,(H,33,34)/t16-,19+,20+,21+,23-,24?,25-,27-/m0/s1. The van der Waals surface area contributed by atoms with Crippen molar-refractivity contribution in [2.24, 2.45) is 17.8 Å². The average Bonchev–Trinajstić information content (AvgIpc) is 2.82. The fourth-order valence-corrected chi connectivity index (χ4v) is 5.55. The van der Waals surface area contributed by atoms with E-state index in [-0.39, 0.29) is 30.6 Å². The first-order valence-corrected chi connectivity index (χ1v) is 13.6. The number of halogens is 1. The molecule has 1 aromatic rings. The number of rotatable bonds is 12. The number of esters is 1. The van der Waals surface area contributed by atoms with E-state index in [9.17, 15) is 24.9 Å². The summed E-state index contributed by atoms with van der Waals surface area (Å²) in [6.07, 6.45) is 3.00. The van der Waals surface area contributed by atoms with Crippen LogP contribution in [-0.2, 0) is 14.3 Å². The number of carbonyl (C=O) groups excluding carboxylic acids is 1. The molecule has 0 amide bonds. The molecule has 37 heavy (non-hydrogen) atoms. The van der Waals surface area contributed by atoms with Crippen molar-refractivity contribution in [3.63, 3.8) is 0 Å². The number of fused-ring (bicyclic) bond motifs is 1. The van der Waals surface area contributed by atoms with Crippen molar-refractivity contribution in [2.75, 3.05) is 0 Å². The zero-order valence-electron chi connectivity index (χ0n) is 21.2. The van der Waals surface area contributed by atoms with E-state index in [1.54, 1.807) is 18.2 Å². The number of hydrogen-bond donors (Lipinski definition) is 4. The van der Waals surface area contributed by atoms with Crippen LogP contribution in [0.4, 0.5) is 0 Å². The third-order valence-electron chi connectivity index (χ3n) is 7.15. The van der Waals surface area contributed by atoms with Gasteiger partial charge >= 0.3 is 11.9 Å². The van der Waals surface area contributed by atoms with Gasteiger partial charge in [-0.2, -0.15) is 0 Å². The number of allylic oxidation sites excluding steroid dienone is 2. The molecule has 0 bridgehead atoms. The predicted octanol–water partition coefficient (Wildman–Crippen LogP) is 4.01. The summed E-state index contributed by atoms with van der Waals surface area (Å²) in [6.45, 7) is 3.92. The molecular formula is C28H37BrO8. The fraction of sp³-hybridized carbons (Fsp3) is 0.571. The Labute approximate surface area is 226 Å². The maximum atomic E-state index is 13.2. The Morgan fingerprint density at radius 2 is 1.86 bits per heavy atom. The summed E-state index contributed by atoms with van der Waals surface area (Å²) in [5, 5.41) is 39.6. The quantitative estimate of drug-likeness (QED) is 0.272. The van der Waals surface area contributed by atoms with E-state index in [1.807, 2.05) is 25.1 Å². The van der Waals surface area contributed by atoms with Crippen LogP contribution in [0.1, 0.15) is 52.4 Å². The van der Waals surface area contributed by atoms with E-state index < -0.39 is 48.9 Å². The molecule has 2 aliphatic carbocycles. The van der Waals surface area contributed by atoms with Crippen LogP contribution in [0.5, 0.6) is 5.75 Å². The van der Waals surface area contributed by atoms with Gasteiger partial charge in [-0.1, -0.05) is 48.0 Å². The lowest BCUT2D eigenvalue weighted by Crippen LogP contribution is -2.44. The fourth-order valence-electron chi connectivity index (χ4n) is 5.29. The van der Waals surface area contributed by atoms with Gasteiger partial charge in [-0.15, -0.1) is 0 Å². The molecule has 0 saturated carbocycles. The molecule has 1 aromatic carbocycles. The smallest absolute Gasteiger partial charge is 0.347 e. The maximum Gasteiger partial charge on any atom is 0.347 e. The van der Waals surface area contributed by atoms with Crippen LogP contribution in [0.25, 0.3) is 0 Å². The first kappa shape index (κ1) is 29.4. The lowest BCUT2D eigenvalue weighted by Gasteiger charge is -2.43.